The second-order valence-corrected chi connectivity index (χ2v) is 4.99. The van der Waals surface area contributed by atoms with Crippen molar-refractivity contribution in [2.75, 3.05) is 6.54 Å². The smallest absolute Gasteiger partial charge is 0.225 e. The largest absolute Gasteiger partial charge is 0.351 e. The molecule has 1 rings (SSSR count). The lowest BCUT2D eigenvalue weighted by molar-refractivity contribution is -0.128. The highest BCUT2D eigenvalue weighted by atomic mass is 16.2. The van der Waals surface area contributed by atoms with E-state index in [4.69, 9.17) is 5.73 Å². The van der Waals surface area contributed by atoms with Gasteiger partial charge in [0.2, 0.25) is 5.91 Å². The van der Waals surface area contributed by atoms with E-state index in [-0.39, 0.29) is 17.4 Å². The Morgan fingerprint density at radius 2 is 2.07 bits per heavy atom. The number of nitrogens with one attached hydrogen (secondary N) is 1. The van der Waals surface area contributed by atoms with Crippen LogP contribution in [0.15, 0.2) is 0 Å². The van der Waals surface area contributed by atoms with Crippen LogP contribution >= 0.6 is 0 Å². The van der Waals surface area contributed by atoms with E-state index in [1.807, 2.05) is 13.8 Å². The maximum Gasteiger partial charge on any atom is 0.225 e. The lowest BCUT2D eigenvalue weighted by Crippen LogP contribution is -2.54. The van der Waals surface area contributed by atoms with Crippen molar-refractivity contribution in [1.29, 1.82) is 0 Å². The summed E-state index contributed by atoms with van der Waals surface area (Å²) in [7, 11) is 0. The van der Waals surface area contributed by atoms with Crippen molar-refractivity contribution < 1.29 is 4.79 Å². The number of rotatable bonds is 4. The van der Waals surface area contributed by atoms with Gasteiger partial charge >= 0.3 is 0 Å². The molecule has 3 nitrogen and oxygen atoms in total. The molecule has 1 amide bonds. The predicted octanol–water partition coefficient (Wildman–Crippen LogP) is 1.28. The molecule has 0 aliphatic heterocycles. The highest BCUT2D eigenvalue weighted by Gasteiger charge is 2.35. The molecule has 1 fully saturated rings. The lowest BCUT2D eigenvalue weighted by Gasteiger charge is -2.40. The van der Waals surface area contributed by atoms with Crippen LogP contribution in [0, 0.1) is 11.8 Å². The molecule has 0 aromatic heterocycles. The number of carbonyl (C=O) groups excluding carboxylic acids is 1. The van der Waals surface area contributed by atoms with Gasteiger partial charge in [0.1, 0.15) is 0 Å². The van der Waals surface area contributed by atoms with Crippen LogP contribution < -0.4 is 11.1 Å². The van der Waals surface area contributed by atoms with Crippen LogP contribution in [0.5, 0.6) is 0 Å². The second-order valence-electron chi connectivity index (χ2n) is 4.99. The van der Waals surface area contributed by atoms with E-state index in [1.165, 1.54) is 6.42 Å². The zero-order valence-electron chi connectivity index (χ0n) is 9.47. The molecular formula is C11H22N2O. The molecule has 1 atom stereocenters. The molecule has 3 N–H and O–H groups in total. The van der Waals surface area contributed by atoms with Gasteiger partial charge in [0.05, 0.1) is 5.92 Å². The maximum absolute atomic E-state index is 11.8. The molecule has 14 heavy (non-hydrogen) atoms. The van der Waals surface area contributed by atoms with Crippen LogP contribution in [0.2, 0.25) is 0 Å². The Morgan fingerprint density at radius 3 is 2.36 bits per heavy atom. The summed E-state index contributed by atoms with van der Waals surface area (Å²) in [4.78, 5) is 11.8. The van der Waals surface area contributed by atoms with Crippen molar-refractivity contribution in [1.82, 2.24) is 5.32 Å². The van der Waals surface area contributed by atoms with Gasteiger partial charge in [-0.25, -0.2) is 0 Å². The topological polar surface area (TPSA) is 55.1 Å². The zero-order chi connectivity index (χ0) is 10.8. The van der Waals surface area contributed by atoms with Crippen molar-refractivity contribution in [2.24, 2.45) is 17.6 Å². The average Bonchev–Trinajstić information content (AvgIpc) is 2.01. The number of nitrogens with two attached hydrogens (primary N) is 1. The zero-order valence-corrected chi connectivity index (χ0v) is 9.47. The molecule has 1 saturated carbocycles. The van der Waals surface area contributed by atoms with Crippen molar-refractivity contribution in [3.05, 3.63) is 0 Å². The fourth-order valence-corrected chi connectivity index (χ4v) is 1.90. The van der Waals surface area contributed by atoms with E-state index in [9.17, 15) is 4.79 Å². The van der Waals surface area contributed by atoms with Crippen LogP contribution in [0.3, 0.4) is 0 Å². The van der Waals surface area contributed by atoms with E-state index in [1.54, 1.807) is 0 Å². The molecule has 0 aromatic carbocycles. The molecule has 1 aliphatic carbocycles. The van der Waals surface area contributed by atoms with E-state index in [2.05, 4.69) is 12.2 Å². The molecule has 0 aromatic rings. The summed E-state index contributed by atoms with van der Waals surface area (Å²) in [5.74, 6) is 0.417. The molecule has 1 aliphatic rings. The Kier molecular flexibility index (Phi) is 3.53. The Labute approximate surface area is 86.4 Å². The monoisotopic (exact) mass is 198 g/mol. The summed E-state index contributed by atoms with van der Waals surface area (Å²) < 4.78 is 0. The van der Waals surface area contributed by atoms with Gasteiger partial charge in [0.25, 0.3) is 0 Å². The average molecular weight is 198 g/mol. The lowest BCUT2D eigenvalue weighted by atomic mass is 9.78. The maximum atomic E-state index is 11.8. The number of hydrogen-bond acceptors (Lipinski definition) is 2. The van der Waals surface area contributed by atoms with Crippen molar-refractivity contribution in [3.8, 4) is 0 Å². The Bertz CT molecular complexity index is 209. The molecule has 0 heterocycles. The van der Waals surface area contributed by atoms with Crippen LogP contribution in [-0.2, 0) is 4.79 Å². The minimum atomic E-state index is -0.0348. The first-order chi connectivity index (χ1) is 6.48. The normalized spacial score (nSPS) is 21.5. The van der Waals surface area contributed by atoms with Crippen molar-refractivity contribution in [3.63, 3.8) is 0 Å². The number of amides is 1. The first kappa shape index (κ1) is 11.5. The third-order valence-corrected chi connectivity index (χ3v) is 3.28. The van der Waals surface area contributed by atoms with Crippen LogP contribution in [0.4, 0.5) is 0 Å². The van der Waals surface area contributed by atoms with Crippen LogP contribution in [0.25, 0.3) is 0 Å². The Morgan fingerprint density at radius 1 is 1.50 bits per heavy atom. The molecule has 0 saturated heterocycles. The highest BCUT2D eigenvalue weighted by Crippen LogP contribution is 2.31. The van der Waals surface area contributed by atoms with E-state index in [0.29, 0.717) is 12.5 Å². The van der Waals surface area contributed by atoms with Gasteiger partial charge in [0.15, 0.2) is 0 Å². The predicted molar refractivity (Wildman–Crippen MR) is 57.8 cm³/mol. The van der Waals surface area contributed by atoms with E-state index >= 15 is 0 Å². The third kappa shape index (κ3) is 2.47. The standard InChI is InChI=1S/C11H22N2O/c1-8(2)9(7-12)10(14)13-11(3)5-4-6-11/h8-9H,4-7,12H2,1-3H3,(H,13,14). The quantitative estimate of drug-likeness (QED) is 0.715. The highest BCUT2D eigenvalue weighted by molar-refractivity contribution is 5.80. The number of hydrogen-bond donors (Lipinski definition) is 2. The molecule has 0 radical (unpaired) electrons. The molecule has 0 spiro atoms. The molecule has 1 unspecified atom stereocenters. The summed E-state index contributed by atoms with van der Waals surface area (Å²) in [6.07, 6.45) is 3.44. The molecule has 0 bridgehead atoms. The van der Waals surface area contributed by atoms with Gasteiger partial charge in [-0.05, 0) is 32.1 Å². The summed E-state index contributed by atoms with van der Waals surface area (Å²) in [5.41, 5.74) is 5.65. The van der Waals surface area contributed by atoms with Crippen LogP contribution in [0.1, 0.15) is 40.0 Å². The van der Waals surface area contributed by atoms with Gasteiger partial charge in [-0.1, -0.05) is 13.8 Å². The third-order valence-electron chi connectivity index (χ3n) is 3.28. The van der Waals surface area contributed by atoms with Gasteiger partial charge in [0, 0.05) is 12.1 Å². The molecule has 82 valence electrons. The van der Waals surface area contributed by atoms with E-state index < -0.39 is 0 Å². The van der Waals surface area contributed by atoms with Crippen molar-refractivity contribution >= 4 is 5.91 Å². The minimum absolute atomic E-state index is 0.0348. The van der Waals surface area contributed by atoms with Gasteiger partial charge in [-0.3, -0.25) is 4.79 Å². The molecule has 3 heteroatoms. The summed E-state index contributed by atoms with van der Waals surface area (Å²) in [6, 6.07) is 0. The summed E-state index contributed by atoms with van der Waals surface area (Å²) in [6.45, 7) is 6.64. The Balaban J connectivity index is 2.47. The fourth-order valence-electron chi connectivity index (χ4n) is 1.90. The number of carbonyl (C=O) groups is 1. The summed E-state index contributed by atoms with van der Waals surface area (Å²) in [5, 5.41) is 3.11. The minimum Gasteiger partial charge on any atom is -0.351 e. The van der Waals surface area contributed by atoms with E-state index in [0.717, 1.165) is 12.8 Å². The van der Waals surface area contributed by atoms with Gasteiger partial charge in [-0.15, -0.1) is 0 Å². The van der Waals surface area contributed by atoms with Gasteiger partial charge in [-0.2, -0.15) is 0 Å². The Hall–Kier alpha value is -0.570. The SMILES string of the molecule is CC(C)C(CN)C(=O)NC1(C)CCC1. The van der Waals surface area contributed by atoms with Crippen molar-refractivity contribution in [2.45, 2.75) is 45.6 Å². The molecular weight excluding hydrogens is 176 g/mol. The van der Waals surface area contributed by atoms with Gasteiger partial charge < -0.3 is 11.1 Å². The summed E-state index contributed by atoms with van der Waals surface area (Å²) >= 11 is 0. The first-order valence-electron chi connectivity index (χ1n) is 5.50. The second kappa shape index (κ2) is 4.30. The first-order valence-corrected chi connectivity index (χ1v) is 5.50. The van der Waals surface area contributed by atoms with Crippen LogP contribution in [-0.4, -0.2) is 18.0 Å². The fraction of sp³-hybridized carbons (Fsp3) is 0.909.